The van der Waals surface area contributed by atoms with Crippen molar-refractivity contribution in [3.05, 3.63) is 58.4 Å². The van der Waals surface area contributed by atoms with E-state index >= 15 is 0 Å². The zero-order valence-corrected chi connectivity index (χ0v) is 20.6. The summed E-state index contributed by atoms with van der Waals surface area (Å²) in [4.78, 5) is 37.4. The summed E-state index contributed by atoms with van der Waals surface area (Å²) < 4.78 is 18.6. The molecule has 0 aromatic heterocycles. The van der Waals surface area contributed by atoms with Crippen LogP contribution in [0, 0.1) is 5.82 Å². The molecule has 202 valence electrons. The number of hydroxylamine groups is 2. The minimum absolute atomic E-state index is 0.0153. The van der Waals surface area contributed by atoms with Crippen molar-refractivity contribution < 1.29 is 49.1 Å². The Labute approximate surface area is 215 Å². The Morgan fingerprint density at radius 3 is 2.30 bits per heavy atom. The lowest BCUT2D eigenvalue weighted by atomic mass is 10.0. The number of aliphatic hydroxyl groups excluding tert-OH is 1. The fraction of sp³-hybridized carbons (Fsp3) is 0.348. The van der Waals surface area contributed by atoms with E-state index in [9.17, 15) is 44.4 Å². The van der Waals surface area contributed by atoms with Crippen molar-refractivity contribution in [3.8, 4) is 5.75 Å². The van der Waals surface area contributed by atoms with Gasteiger partial charge in [0.2, 0.25) is 6.10 Å². The summed E-state index contributed by atoms with van der Waals surface area (Å²) in [5.74, 6) is -6.36. The van der Waals surface area contributed by atoms with Crippen LogP contribution in [-0.4, -0.2) is 84.5 Å². The summed E-state index contributed by atoms with van der Waals surface area (Å²) in [7, 11) is 0. The predicted octanol–water partition coefficient (Wildman–Crippen LogP) is 1.40. The molecule has 7 N–H and O–H groups in total. The maximum atomic E-state index is 13.6. The van der Waals surface area contributed by atoms with Gasteiger partial charge >= 0.3 is 11.9 Å². The van der Waals surface area contributed by atoms with E-state index < -0.39 is 53.6 Å². The highest BCUT2D eigenvalue weighted by molar-refractivity contribution is 6.33. The first-order valence-corrected chi connectivity index (χ1v) is 11.2. The Morgan fingerprint density at radius 1 is 1.19 bits per heavy atom. The Hall–Kier alpha value is -3.49. The van der Waals surface area contributed by atoms with E-state index in [4.69, 9.17) is 22.1 Å². The van der Waals surface area contributed by atoms with Crippen molar-refractivity contribution in [3.63, 3.8) is 0 Å². The molecule has 1 amide bonds. The molecule has 3 atom stereocenters. The Kier molecular flexibility index (Phi) is 9.78. The normalized spacial score (nSPS) is 14.5. The van der Waals surface area contributed by atoms with E-state index in [1.165, 1.54) is 25.1 Å². The van der Waals surface area contributed by atoms with Crippen molar-refractivity contribution in [2.75, 3.05) is 18.9 Å². The quantitative estimate of drug-likeness (QED) is 0.129. The lowest BCUT2D eigenvalue weighted by Gasteiger charge is -2.40. The third-order valence-corrected chi connectivity index (χ3v) is 5.76. The third kappa shape index (κ3) is 6.64. The van der Waals surface area contributed by atoms with Gasteiger partial charge in [0.25, 0.3) is 11.6 Å². The van der Waals surface area contributed by atoms with E-state index in [1.54, 1.807) is 6.92 Å². The SMILES string of the molecule is CCOc1cc(N)c(Cl)cc1C(=O)N(C[C@@H](C)N(O)Cc1ccc(F)cc1)[C@](O)(C(=O)O)[C@@H](O)C(=O)O. The van der Waals surface area contributed by atoms with E-state index in [1.807, 2.05) is 0 Å². The number of ether oxygens (including phenoxy) is 1. The van der Waals surface area contributed by atoms with Crippen molar-refractivity contribution in [1.29, 1.82) is 0 Å². The second-order valence-electron chi connectivity index (χ2n) is 8.06. The maximum absolute atomic E-state index is 13.6. The van der Waals surface area contributed by atoms with E-state index in [0.29, 0.717) is 10.6 Å². The second kappa shape index (κ2) is 12.2. The van der Waals surface area contributed by atoms with Crippen molar-refractivity contribution in [1.82, 2.24) is 9.96 Å². The smallest absolute Gasteiger partial charge is 0.361 e. The average Bonchev–Trinajstić information content (AvgIpc) is 2.84. The number of nitrogen functional groups attached to an aromatic ring is 1. The lowest BCUT2D eigenvalue weighted by Crippen LogP contribution is -2.67. The minimum Gasteiger partial charge on any atom is -0.493 e. The number of carbonyl (C=O) groups is 3. The van der Waals surface area contributed by atoms with Gasteiger partial charge in [-0.25, -0.2) is 14.0 Å². The van der Waals surface area contributed by atoms with Gasteiger partial charge in [-0.2, -0.15) is 5.06 Å². The molecule has 14 heteroatoms. The Balaban J connectivity index is 2.56. The molecule has 0 aliphatic heterocycles. The molecular formula is C23H27ClFN3O9. The molecule has 37 heavy (non-hydrogen) atoms. The van der Waals surface area contributed by atoms with E-state index in [0.717, 1.165) is 18.2 Å². The van der Waals surface area contributed by atoms with Gasteiger partial charge in [-0.15, -0.1) is 0 Å². The first-order valence-electron chi connectivity index (χ1n) is 10.8. The van der Waals surface area contributed by atoms with Gasteiger partial charge in [-0.1, -0.05) is 23.7 Å². The third-order valence-electron chi connectivity index (χ3n) is 5.43. The monoisotopic (exact) mass is 543 g/mol. The Bertz CT molecular complexity index is 1150. The standard InChI is InChI=1S/C23H27ClFN3O9/c1-3-37-18-9-17(26)16(24)8-15(18)20(30)27(23(35,22(33)34)19(29)21(31)32)10-12(2)28(36)11-13-4-6-14(25)7-5-13/h4-9,12,19,29,35-36H,3,10-11,26H2,1-2H3,(H,31,32)(H,33,34)/t12-,19+,23-/m1/s1. The minimum atomic E-state index is -3.69. The van der Waals surface area contributed by atoms with Crippen LogP contribution in [0.25, 0.3) is 0 Å². The molecule has 0 fully saturated rings. The summed E-state index contributed by atoms with van der Waals surface area (Å²) in [5.41, 5.74) is 2.13. The maximum Gasteiger partial charge on any atom is 0.361 e. The largest absolute Gasteiger partial charge is 0.493 e. The molecule has 12 nitrogen and oxygen atoms in total. The van der Waals surface area contributed by atoms with Crippen LogP contribution < -0.4 is 10.5 Å². The number of carboxylic acid groups (broad SMARTS) is 2. The summed E-state index contributed by atoms with van der Waals surface area (Å²) in [5, 5.41) is 51.2. The van der Waals surface area contributed by atoms with E-state index in [2.05, 4.69) is 0 Å². The van der Waals surface area contributed by atoms with Gasteiger partial charge in [0, 0.05) is 19.2 Å². The number of hydrogen-bond acceptors (Lipinski definition) is 9. The molecule has 0 saturated heterocycles. The number of aliphatic carboxylic acids is 2. The fourth-order valence-electron chi connectivity index (χ4n) is 3.38. The molecule has 0 saturated carbocycles. The van der Waals surface area contributed by atoms with Crippen LogP contribution in [-0.2, 0) is 16.1 Å². The Morgan fingerprint density at radius 2 is 1.78 bits per heavy atom. The molecular weight excluding hydrogens is 517 g/mol. The van der Waals surface area contributed by atoms with Gasteiger partial charge < -0.3 is 36.1 Å². The summed E-state index contributed by atoms with van der Waals surface area (Å²) in [6.45, 7) is 1.94. The van der Waals surface area contributed by atoms with Gasteiger partial charge in [-0.3, -0.25) is 9.69 Å². The number of anilines is 1. The summed E-state index contributed by atoms with van der Waals surface area (Å²) in [6.07, 6.45) is -3.00. The zero-order valence-electron chi connectivity index (χ0n) is 19.8. The number of rotatable bonds is 12. The number of hydrogen-bond donors (Lipinski definition) is 6. The van der Waals surface area contributed by atoms with Crippen LogP contribution in [0.3, 0.4) is 0 Å². The molecule has 0 unspecified atom stereocenters. The van der Waals surface area contributed by atoms with Crippen molar-refractivity contribution in [2.24, 2.45) is 0 Å². The van der Waals surface area contributed by atoms with E-state index in [-0.39, 0.29) is 34.5 Å². The van der Waals surface area contributed by atoms with Crippen LogP contribution >= 0.6 is 11.6 Å². The molecule has 0 heterocycles. The van der Waals surface area contributed by atoms with Crippen molar-refractivity contribution >= 4 is 35.1 Å². The van der Waals surface area contributed by atoms with Crippen LogP contribution in [0.15, 0.2) is 36.4 Å². The number of nitrogens with two attached hydrogens (primary N) is 1. The topological polar surface area (TPSA) is 194 Å². The number of benzene rings is 2. The summed E-state index contributed by atoms with van der Waals surface area (Å²) >= 11 is 6.03. The molecule has 2 aromatic carbocycles. The fourth-order valence-corrected chi connectivity index (χ4v) is 3.54. The van der Waals surface area contributed by atoms with Crippen LogP contribution in [0.2, 0.25) is 5.02 Å². The van der Waals surface area contributed by atoms with Gasteiger partial charge in [0.1, 0.15) is 11.6 Å². The lowest BCUT2D eigenvalue weighted by molar-refractivity contribution is -0.213. The first kappa shape index (κ1) is 29.7. The molecule has 0 aliphatic carbocycles. The van der Waals surface area contributed by atoms with Crippen LogP contribution in [0.1, 0.15) is 29.8 Å². The number of carbonyl (C=O) groups excluding carboxylic acids is 1. The van der Waals surface area contributed by atoms with Gasteiger partial charge in [0.15, 0.2) is 0 Å². The molecule has 2 aromatic rings. The second-order valence-corrected chi connectivity index (χ2v) is 8.47. The highest BCUT2D eigenvalue weighted by Gasteiger charge is 2.55. The highest BCUT2D eigenvalue weighted by atomic mass is 35.5. The molecule has 2 rings (SSSR count). The highest BCUT2D eigenvalue weighted by Crippen LogP contribution is 2.32. The number of amides is 1. The number of aliphatic hydroxyl groups is 2. The van der Waals surface area contributed by atoms with Crippen LogP contribution in [0.4, 0.5) is 10.1 Å². The van der Waals surface area contributed by atoms with Gasteiger partial charge in [0.05, 0.1) is 28.9 Å². The molecule has 0 radical (unpaired) electrons. The van der Waals surface area contributed by atoms with Crippen molar-refractivity contribution in [2.45, 2.75) is 38.3 Å². The number of nitrogens with zero attached hydrogens (tertiary/aromatic N) is 2. The molecule has 0 spiro atoms. The number of halogens is 2. The van der Waals surface area contributed by atoms with Crippen LogP contribution in [0.5, 0.6) is 5.75 Å². The summed E-state index contributed by atoms with van der Waals surface area (Å²) in [6, 6.07) is 6.11. The zero-order chi connectivity index (χ0) is 28.1. The predicted molar refractivity (Wildman–Crippen MR) is 127 cm³/mol. The molecule has 0 aliphatic rings. The average molecular weight is 544 g/mol. The number of carboxylic acids is 2. The molecule has 0 bridgehead atoms. The first-order chi connectivity index (χ1) is 17.2. The van der Waals surface area contributed by atoms with Gasteiger partial charge in [-0.05, 0) is 37.6 Å².